The summed E-state index contributed by atoms with van der Waals surface area (Å²) in [5, 5.41) is 0. The fourth-order valence-corrected chi connectivity index (χ4v) is 0. The van der Waals surface area contributed by atoms with Crippen LogP contribution in [0.5, 0.6) is 0 Å². The molecular weight excluding hydrogens is 137 g/mol. The van der Waals surface area contributed by atoms with E-state index >= 15 is 0 Å². The van der Waals surface area contributed by atoms with E-state index in [1.165, 1.54) is 0 Å². The summed E-state index contributed by atoms with van der Waals surface area (Å²) in [6, 6.07) is 0. The number of rotatable bonds is 1. The Bertz CT molecular complexity index is 60.8. The normalized spacial score (nSPS) is 11.2. The molecule has 0 unspecified atom stereocenters. The fraction of sp³-hybridized carbons (Fsp3) is 1.00. The molecule has 52 valence electrons. The van der Waals surface area contributed by atoms with Gasteiger partial charge in [0.1, 0.15) is 6.17 Å². The first kappa shape index (κ1) is 10.9. The Morgan fingerprint density at radius 3 is 1.50 bits per heavy atom. The van der Waals surface area contributed by atoms with Crippen LogP contribution in [-0.4, -0.2) is 12.1 Å². The Morgan fingerprint density at radius 1 is 1.38 bits per heavy atom. The third-order valence-electron chi connectivity index (χ3n) is 0.585. The van der Waals surface area contributed by atoms with Crippen molar-refractivity contribution in [2.45, 2.75) is 19.0 Å². The Kier molecular flexibility index (Phi) is 4.33. The summed E-state index contributed by atoms with van der Waals surface area (Å²) in [5.41, 5.74) is 9.19. The van der Waals surface area contributed by atoms with Crippen molar-refractivity contribution in [1.82, 2.24) is 0 Å². The molecule has 0 aliphatic heterocycles. The van der Waals surface area contributed by atoms with Gasteiger partial charge in [-0.15, -0.1) is 12.4 Å². The molecule has 0 fully saturated rings. The van der Waals surface area contributed by atoms with Gasteiger partial charge in [-0.3, -0.25) is 0 Å². The van der Waals surface area contributed by atoms with Crippen LogP contribution in [0.4, 0.5) is 8.78 Å². The van der Waals surface area contributed by atoms with Gasteiger partial charge >= 0.3 is 0 Å². The highest BCUT2D eigenvalue weighted by atomic mass is 35.5. The Morgan fingerprint density at radius 2 is 1.50 bits per heavy atom. The van der Waals surface area contributed by atoms with Crippen molar-refractivity contribution in [3.05, 3.63) is 0 Å². The number of hydrogen-bond acceptors (Lipinski definition) is 2. The predicted octanol–water partition coefficient (Wildman–Crippen LogP) is 0.307. The largest absolute Gasteiger partial charge is 0.311 e. The summed E-state index contributed by atoms with van der Waals surface area (Å²) in [6.07, 6.45) is -1.53. The third-order valence-corrected chi connectivity index (χ3v) is 0.585. The van der Waals surface area contributed by atoms with Crippen molar-refractivity contribution < 1.29 is 8.78 Å². The van der Waals surface area contributed by atoms with Crippen LogP contribution in [0.2, 0.25) is 0 Å². The van der Waals surface area contributed by atoms with E-state index in [0.29, 0.717) is 6.92 Å². The molecule has 0 aromatic rings. The highest BCUT2D eigenvalue weighted by Gasteiger charge is 2.26. The van der Waals surface area contributed by atoms with Crippen molar-refractivity contribution in [1.29, 1.82) is 0 Å². The monoisotopic (exact) mass is 146 g/mol. The molecule has 0 heterocycles. The van der Waals surface area contributed by atoms with Crippen LogP contribution < -0.4 is 11.5 Å². The highest BCUT2D eigenvalue weighted by molar-refractivity contribution is 5.85. The van der Waals surface area contributed by atoms with E-state index < -0.39 is 12.1 Å². The SMILES string of the molecule is CC(F)(F)C(N)N.Cl. The van der Waals surface area contributed by atoms with Crippen molar-refractivity contribution in [2.75, 3.05) is 0 Å². The minimum Gasteiger partial charge on any atom is -0.311 e. The van der Waals surface area contributed by atoms with Crippen LogP contribution in [0, 0.1) is 0 Å². The molecule has 0 radical (unpaired) electrons. The molecule has 8 heavy (non-hydrogen) atoms. The van der Waals surface area contributed by atoms with E-state index in [1.54, 1.807) is 0 Å². The minimum absolute atomic E-state index is 0. The van der Waals surface area contributed by atoms with Gasteiger partial charge in [0.2, 0.25) is 0 Å². The molecule has 0 saturated carbocycles. The van der Waals surface area contributed by atoms with Crippen LogP contribution in [0.3, 0.4) is 0 Å². The van der Waals surface area contributed by atoms with E-state index in [1.807, 2.05) is 0 Å². The van der Waals surface area contributed by atoms with E-state index in [9.17, 15) is 8.78 Å². The fourth-order valence-electron chi connectivity index (χ4n) is 0. The average Bonchev–Trinajstić information content (AvgIpc) is 1.31. The standard InChI is InChI=1S/C3H8F2N2.ClH/c1-3(4,5)2(6)7;/h2H,6-7H2,1H3;1H. The van der Waals surface area contributed by atoms with Gasteiger partial charge in [0.15, 0.2) is 0 Å². The topological polar surface area (TPSA) is 52.0 Å². The smallest absolute Gasteiger partial charge is 0.272 e. The van der Waals surface area contributed by atoms with Gasteiger partial charge in [0, 0.05) is 6.92 Å². The number of nitrogens with two attached hydrogens (primary N) is 2. The van der Waals surface area contributed by atoms with Crippen LogP contribution in [0.15, 0.2) is 0 Å². The van der Waals surface area contributed by atoms with E-state index in [0.717, 1.165) is 0 Å². The summed E-state index contributed by atoms with van der Waals surface area (Å²) >= 11 is 0. The molecule has 0 spiro atoms. The Balaban J connectivity index is 0. The van der Waals surface area contributed by atoms with Crippen LogP contribution >= 0.6 is 12.4 Å². The van der Waals surface area contributed by atoms with Gasteiger partial charge in [-0.1, -0.05) is 0 Å². The molecule has 0 atom stereocenters. The Hall–Kier alpha value is 0.0700. The van der Waals surface area contributed by atoms with Crippen molar-refractivity contribution in [3.63, 3.8) is 0 Å². The maximum Gasteiger partial charge on any atom is 0.272 e. The van der Waals surface area contributed by atoms with Gasteiger partial charge in [0.05, 0.1) is 0 Å². The molecular formula is C3H9ClF2N2. The predicted molar refractivity (Wildman–Crippen MR) is 30.0 cm³/mol. The van der Waals surface area contributed by atoms with E-state index in [2.05, 4.69) is 11.5 Å². The lowest BCUT2D eigenvalue weighted by Gasteiger charge is -2.12. The lowest BCUT2D eigenvalue weighted by Crippen LogP contribution is -2.45. The summed E-state index contributed by atoms with van der Waals surface area (Å²) in [4.78, 5) is 0. The molecule has 0 saturated heterocycles. The third kappa shape index (κ3) is 4.23. The van der Waals surface area contributed by atoms with Crippen LogP contribution in [0.1, 0.15) is 6.92 Å². The first-order chi connectivity index (χ1) is 2.94. The second-order valence-electron chi connectivity index (χ2n) is 1.48. The number of halogens is 3. The van der Waals surface area contributed by atoms with Gasteiger partial charge < -0.3 is 11.5 Å². The molecule has 2 nitrogen and oxygen atoms in total. The maximum absolute atomic E-state index is 11.6. The quantitative estimate of drug-likeness (QED) is 0.523. The van der Waals surface area contributed by atoms with Gasteiger partial charge in [-0.25, -0.2) is 8.78 Å². The molecule has 0 aliphatic carbocycles. The van der Waals surface area contributed by atoms with Crippen molar-refractivity contribution >= 4 is 12.4 Å². The summed E-state index contributed by atoms with van der Waals surface area (Å²) in [7, 11) is 0. The molecule has 4 N–H and O–H groups in total. The first-order valence-corrected chi connectivity index (χ1v) is 1.83. The Labute approximate surface area is 52.6 Å². The molecule has 0 aromatic heterocycles. The van der Waals surface area contributed by atoms with Gasteiger partial charge in [-0.2, -0.15) is 0 Å². The average molecular weight is 147 g/mol. The first-order valence-electron chi connectivity index (χ1n) is 1.83. The second-order valence-corrected chi connectivity index (χ2v) is 1.48. The molecule has 0 rings (SSSR count). The zero-order chi connectivity index (χ0) is 6.08. The molecule has 0 amide bonds. The summed E-state index contributed by atoms with van der Waals surface area (Å²) in [5.74, 6) is -2.94. The zero-order valence-corrected chi connectivity index (χ0v) is 5.21. The molecule has 0 bridgehead atoms. The van der Waals surface area contributed by atoms with Gasteiger partial charge in [-0.05, 0) is 0 Å². The molecule has 0 aliphatic rings. The molecule has 5 heteroatoms. The summed E-state index contributed by atoms with van der Waals surface area (Å²) in [6.45, 7) is 0.678. The lowest BCUT2D eigenvalue weighted by atomic mass is 10.3. The second kappa shape index (κ2) is 3.17. The summed E-state index contributed by atoms with van der Waals surface area (Å²) < 4.78 is 23.2. The lowest BCUT2D eigenvalue weighted by molar-refractivity contribution is -0.00334. The zero-order valence-electron chi connectivity index (χ0n) is 4.40. The minimum atomic E-state index is -2.94. The van der Waals surface area contributed by atoms with Crippen LogP contribution in [0.25, 0.3) is 0 Å². The van der Waals surface area contributed by atoms with Crippen molar-refractivity contribution in [3.8, 4) is 0 Å². The van der Waals surface area contributed by atoms with E-state index in [4.69, 9.17) is 0 Å². The number of alkyl halides is 2. The maximum atomic E-state index is 11.6. The van der Waals surface area contributed by atoms with Crippen LogP contribution in [-0.2, 0) is 0 Å². The highest BCUT2D eigenvalue weighted by Crippen LogP contribution is 2.10. The molecule has 0 aromatic carbocycles. The van der Waals surface area contributed by atoms with E-state index in [-0.39, 0.29) is 12.4 Å². The van der Waals surface area contributed by atoms with Crippen molar-refractivity contribution in [2.24, 2.45) is 11.5 Å². The number of hydrogen-bond donors (Lipinski definition) is 2. The van der Waals surface area contributed by atoms with Gasteiger partial charge in [0.25, 0.3) is 5.92 Å².